The maximum Gasteiger partial charge on any atom is 0.147 e. The lowest BCUT2D eigenvalue weighted by Crippen LogP contribution is -2.51. The molecular formula is C17H30N4O2. The first-order valence-corrected chi connectivity index (χ1v) is 8.97. The van der Waals surface area contributed by atoms with Gasteiger partial charge in [0.25, 0.3) is 0 Å². The van der Waals surface area contributed by atoms with Gasteiger partial charge < -0.3 is 14.0 Å². The quantitative estimate of drug-likeness (QED) is 0.802. The van der Waals surface area contributed by atoms with E-state index < -0.39 is 0 Å². The Balaban J connectivity index is 1.74. The van der Waals surface area contributed by atoms with Crippen molar-refractivity contribution in [3.05, 3.63) is 11.6 Å². The van der Waals surface area contributed by atoms with Crippen LogP contribution >= 0.6 is 0 Å². The van der Waals surface area contributed by atoms with E-state index in [4.69, 9.17) is 9.47 Å². The Morgan fingerprint density at radius 3 is 2.96 bits per heavy atom. The molecule has 1 aliphatic carbocycles. The maximum absolute atomic E-state index is 5.80. The van der Waals surface area contributed by atoms with Crippen molar-refractivity contribution >= 4 is 0 Å². The molecule has 0 radical (unpaired) electrons. The van der Waals surface area contributed by atoms with Crippen molar-refractivity contribution < 1.29 is 9.47 Å². The second-order valence-electron chi connectivity index (χ2n) is 6.80. The molecule has 6 heteroatoms. The molecule has 3 unspecified atom stereocenters. The lowest BCUT2D eigenvalue weighted by atomic mass is 9.94. The lowest BCUT2D eigenvalue weighted by Gasteiger charge is -2.40. The Hall–Kier alpha value is -0.980. The van der Waals surface area contributed by atoms with Crippen molar-refractivity contribution in [3.8, 4) is 0 Å². The Kier molecular flexibility index (Phi) is 5.67. The summed E-state index contributed by atoms with van der Waals surface area (Å²) in [6.07, 6.45) is 5.16. The Labute approximate surface area is 139 Å². The number of aromatic nitrogens is 3. The highest BCUT2D eigenvalue weighted by Crippen LogP contribution is 2.34. The highest BCUT2D eigenvalue weighted by Gasteiger charge is 2.38. The molecule has 0 aromatic carbocycles. The molecule has 2 aliphatic rings. The van der Waals surface area contributed by atoms with Gasteiger partial charge in [-0.2, -0.15) is 0 Å². The molecule has 1 saturated carbocycles. The van der Waals surface area contributed by atoms with E-state index in [1.807, 2.05) is 14.0 Å². The van der Waals surface area contributed by atoms with Crippen LogP contribution in [0.15, 0.2) is 0 Å². The standard InChI is InChI=1S/C17H30N4O2/c1-4-8-21-13(2)18-19-17(21)11-20-9-10-23-12-15(20)14-6-5-7-16(14)22-3/h14-16H,4-12H2,1-3H3. The summed E-state index contributed by atoms with van der Waals surface area (Å²) in [7, 11) is 1.85. The fraction of sp³-hybridized carbons (Fsp3) is 0.882. The molecule has 6 nitrogen and oxygen atoms in total. The molecule has 0 bridgehead atoms. The van der Waals surface area contributed by atoms with Gasteiger partial charge in [-0.3, -0.25) is 4.90 Å². The third-order valence-electron chi connectivity index (χ3n) is 5.39. The monoisotopic (exact) mass is 322 g/mol. The zero-order chi connectivity index (χ0) is 16.2. The van der Waals surface area contributed by atoms with Gasteiger partial charge in [0.05, 0.1) is 25.9 Å². The summed E-state index contributed by atoms with van der Waals surface area (Å²) in [4.78, 5) is 2.54. The Morgan fingerprint density at radius 1 is 1.30 bits per heavy atom. The zero-order valence-corrected chi connectivity index (χ0v) is 14.7. The predicted octanol–water partition coefficient (Wildman–Crippen LogP) is 2.01. The average molecular weight is 322 g/mol. The number of aryl methyl sites for hydroxylation is 1. The minimum absolute atomic E-state index is 0.374. The van der Waals surface area contributed by atoms with E-state index in [0.29, 0.717) is 18.1 Å². The summed E-state index contributed by atoms with van der Waals surface area (Å²) in [5, 5.41) is 8.71. The second-order valence-corrected chi connectivity index (χ2v) is 6.80. The molecule has 0 N–H and O–H groups in total. The van der Waals surface area contributed by atoms with E-state index in [9.17, 15) is 0 Å². The number of morpholine rings is 1. The van der Waals surface area contributed by atoms with Crippen LogP contribution in [0.3, 0.4) is 0 Å². The fourth-order valence-corrected chi connectivity index (χ4v) is 4.17. The highest BCUT2D eigenvalue weighted by molar-refractivity contribution is 4.97. The minimum Gasteiger partial charge on any atom is -0.381 e. The van der Waals surface area contributed by atoms with Gasteiger partial charge in [0, 0.05) is 32.2 Å². The molecule has 3 rings (SSSR count). The molecule has 23 heavy (non-hydrogen) atoms. The van der Waals surface area contributed by atoms with Gasteiger partial charge in [-0.15, -0.1) is 10.2 Å². The number of rotatable bonds is 6. The second kappa shape index (κ2) is 7.73. The molecule has 1 aromatic rings. The number of ether oxygens (including phenoxy) is 2. The first kappa shape index (κ1) is 16.9. The molecule has 1 aliphatic heterocycles. The average Bonchev–Trinajstić information content (AvgIpc) is 3.17. The van der Waals surface area contributed by atoms with Crippen molar-refractivity contribution in [2.75, 3.05) is 26.9 Å². The fourth-order valence-electron chi connectivity index (χ4n) is 4.17. The van der Waals surface area contributed by atoms with E-state index >= 15 is 0 Å². The predicted molar refractivity (Wildman–Crippen MR) is 88.2 cm³/mol. The third-order valence-corrected chi connectivity index (χ3v) is 5.39. The van der Waals surface area contributed by atoms with Gasteiger partial charge in [0.15, 0.2) is 0 Å². The van der Waals surface area contributed by atoms with E-state index in [-0.39, 0.29) is 0 Å². The van der Waals surface area contributed by atoms with Crippen LogP contribution in [0.25, 0.3) is 0 Å². The van der Waals surface area contributed by atoms with Crippen LogP contribution in [0.2, 0.25) is 0 Å². The van der Waals surface area contributed by atoms with E-state index in [1.165, 1.54) is 19.3 Å². The van der Waals surface area contributed by atoms with Crippen molar-refractivity contribution in [3.63, 3.8) is 0 Å². The normalized spacial score (nSPS) is 29.3. The molecule has 1 aromatic heterocycles. The summed E-state index contributed by atoms with van der Waals surface area (Å²) in [5.74, 6) is 2.68. The summed E-state index contributed by atoms with van der Waals surface area (Å²) >= 11 is 0. The van der Waals surface area contributed by atoms with Gasteiger partial charge in [0.2, 0.25) is 0 Å². The number of methoxy groups -OCH3 is 1. The van der Waals surface area contributed by atoms with Gasteiger partial charge >= 0.3 is 0 Å². The van der Waals surface area contributed by atoms with Crippen molar-refractivity contribution in [1.82, 2.24) is 19.7 Å². The molecule has 1 saturated heterocycles. The molecule has 2 heterocycles. The van der Waals surface area contributed by atoms with Crippen LogP contribution in [0.1, 0.15) is 44.3 Å². The highest BCUT2D eigenvalue weighted by atomic mass is 16.5. The van der Waals surface area contributed by atoms with Gasteiger partial charge in [-0.25, -0.2) is 0 Å². The Bertz CT molecular complexity index is 505. The molecule has 3 atom stereocenters. The largest absolute Gasteiger partial charge is 0.381 e. The van der Waals surface area contributed by atoms with Crippen molar-refractivity contribution in [2.45, 2.75) is 64.8 Å². The van der Waals surface area contributed by atoms with E-state index in [1.54, 1.807) is 0 Å². The summed E-state index contributed by atoms with van der Waals surface area (Å²) in [5.41, 5.74) is 0. The van der Waals surface area contributed by atoms with Crippen LogP contribution in [-0.2, 0) is 22.6 Å². The molecule has 130 valence electrons. The molecule has 0 spiro atoms. The van der Waals surface area contributed by atoms with Gasteiger partial charge in [0.1, 0.15) is 11.6 Å². The smallest absolute Gasteiger partial charge is 0.147 e. The van der Waals surface area contributed by atoms with Crippen LogP contribution in [0.5, 0.6) is 0 Å². The number of hydrogen-bond donors (Lipinski definition) is 0. The molecular weight excluding hydrogens is 292 g/mol. The van der Waals surface area contributed by atoms with Gasteiger partial charge in [-0.1, -0.05) is 13.3 Å². The molecule has 0 amide bonds. The first-order valence-electron chi connectivity index (χ1n) is 8.97. The van der Waals surface area contributed by atoms with Crippen LogP contribution in [0.4, 0.5) is 0 Å². The third kappa shape index (κ3) is 3.59. The zero-order valence-electron chi connectivity index (χ0n) is 14.7. The summed E-state index contributed by atoms with van der Waals surface area (Å²) in [6.45, 7) is 8.68. The topological polar surface area (TPSA) is 52.4 Å². The summed E-state index contributed by atoms with van der Waals surface area (Å²) in [6, 6.07) is 0.434. The van der Waals surface area contributed by atoms with Crippen LogP contribution in [0, 0.1) is 12.8 Å². The first-order chi connectivity index (χ1) is 11.2. The summed E-state index contributed by atoms with van der Waals surface area (Å²) < 4.78 is 13.8. The van der Waals surface area contributed by atoms with E-state index in [2.05, 4.69) is 26.6 Å². The number of nitrogens with zero attached hydrogens (tertiary/aromatic N) is 4. The van der Waals surface area contributed by atoms with Crippen molar-refractivity contribution in [2.24, 2.45) is 5.92 Å². The maximum atomic E-state index is 5.80. The van der Waals surface area contributed by atoms with Crippen LogP contribution < -0.4 is 0 Å². The van der Waals surface area contributed by atoms with Crippen LogP contribution in [-0.4, -0.2) is 58.7 Å². The van der Waals surface area contributed by atoms with Gasteiger partial charge in [-0.05, 0) is 26.2 Å². The lowest BCUT2D eigenvalue weighted by molar-refractivity contribution is -0.0619. The molecule has 2 fully saturated rings. The van der Waals surface area contributed by atoms with Crippen molar-refractivity contribution in [1.29, 1.82) is 0 Å². The minimum atomic E-state index is 0.374. The number of hydrogen-bond acceptors (Lipinski definition) is 5. The SMILES string of the molecule is CCCn1c(C)nnc1CN1CCOCC1C1CCCC1OC. The van der Waals surface area contributed by atoms with E-state index in [0.717, 1.165) is 50.9 Å². The Morgan fingerprint density at radius 2 is 2.17 bits per heavy atom.